The van der Waals surface area contributed by atoms with Gasteiger partial charge in [0.15, 0.2) is 0 Å². The molecule has 3 heterocycles. The molecule has 23 heavy (non-hydrogen) atoms. The maximum absolute atomic E-state index is 12.1. The third-order valence-corrected chi connectivity index (χ3v) is 3.32. The summed E-state index contributed by atoms with van der Waals surface area (Å²) in [6.07, 6.45) is 4.87. The molecule has 0 unspecified atom stereocenters. The minimum atomic E-state index is -0.427. The number of esters is 1. The van der Waals surface area contributed by atoms with Gasteiger partial charge in [0.05, 0.1) is 41.4 Å². The van der Waals surface area contributed by atoms with Crippen molar-refractivity contribution in [2.24, 2.45) is 0 Å². The molecular weight excluding hydrogens is 294 g/mol. The van der Waals surface area contributed by atoms with Crippen LogP contribution >= 0.6 is 0 Å². The molecule has 7 heteroatoms. The number of hydrogen-bond donors (Lipinski definition) is 1. The summed E-state index contributed by atoms with van der Waals surface area (Å²) < 4.78 is 5.07. The van der Waals surface area contributed by atoms with Gasteiger partial charge >= 0.3 is 5.97 Å². The fourth-order valence-corrected chi connectivity index (χ4v) is 2.30. The summed E-state index contributed by atoms with van der Waals surface area (Å²) >= 11 is 0. The Balaban J connectivity index is 2.12. The number of carbonyl (C=O) groups is 1. The van der Waals surface area contributed by atoms with Crippen LogP contribution in [0.3, 0.4) is 0 Å². The number of H-pyrrole nitrogens is 1. The molecule has 3 aromatic heterocycles. The topological polar surface area (TPSA) is 105 Å². The first-order valence-corrected chi connectivity index (χ1v) is 7.06. The van der Waals surface area contributed by atoms with Gasteiger partial charge in [-0.25, -0.2) is 14.8 Å². The number of fused-ring (bicyclic) bond motifs is 1. The van der Waals surface area contributed by atoms with Crippen molar-refractivity contribution in [1.29, 1.82) is 5.26 Å². The van der Waals surface area contributed by atoms with Gasteiger partial charge in [-0.05, 0) is 19.1 Å². The lowest BCUT2D eigenvalue weighted by Gasteiger charge is -2.05. The fourth-order valence-electron chi connectivity index (χ4n) is 2.30. The Morgan fingerprint density at radius 3 is 2.91 bits per heavy atom. The lowest BCUT2D eigenvalue weighted by atomic mass is 10.1. The Kier molecular flexibility index (Phi) is 3.97. The van der Waals surface area contributed by atoms with Gasteiger partial charge in [0, 0.05) is 18.0 Å². The molecule has 0 amide bonds. The van der Waals surface area contributed by atoms with Gasteiger partial charge in [0.1, 0.15) is 12.0 Å². The van der Waals surface area contributed by atoms with Crippen LogP contribution in [0.5, 0.6) is 0 Å². The van der Waals surface area contributed by atoms with E-state index in [-0.39, 0.29) is 6.42 Å². The van der Waals surface area contributed by atoms with E-state index >= 15 is 0 Å². The predicted molar refractivity (Wildman–Crippen MR) is 82.4 cm³/mol. The predicted octanol–water partition coefficient (Wildman–Crippen LogP) is 2.26. The molecule has 0 saturated carbocycles. The van der Waals surface area contributed by atoms with Crippen LogP contribution in [0, 0.1) is 11.3 Å². The van der Waals surface area contributed by atoms with E-state index in [9.17, 15) is 4.79 Å². The Morgan fingerprint density at radius 2 is 2.22 bits per heavy atom. The minimum Gasteiger partial charge on any atom is -0.462 e. The molecule has 0 spiro atoms. The van der Waals surface area contributed by atoms with Gasteiger partial charge in [0.25, 0.3) is 0 Å². The molecular formula is C16H13N5O2. The summed E-state index contributed by atoms with van der Waals surface area (Å²) in [5, 5.41) is 9.30. The molecule has 0 fully saturated rings. The normalized spacial score (nSPS) is 10.4. The van der Waals surface area contributed by atoms with E-state index in [1.807, 2.05) is 6.07 Å². The van der Waals surface area contributed by atoms with Gasteiger partial charge in [0.2, 0.25) is 0 Å². The fraction of sp³-hybridized carbons (Fsp3) is 0.188. The summed E-state index contributed by atoms with van der Waals surface area (Å²) in [4.78, 5) is 27.7. The average Bonchev–Trinajstić information content (AvgIpc) is 3.00. The second-order valence-electron chi connectivity index (χ2n) is 4.74. The SMILES string of the molecule is CCOC(=O)c1c[nH]c2ncnc(-c3ccc(CC#N)nc3)c12. The summed E-state index contributed by atoms with van der Waals surface area (Å²) in [5.41, 5.74) is 2.96. The van der Waals surface area contributed by atoms with Crippen LogP contribution in [-0.4, -0.2) is 32.5 Å². The number of hydrogen-bond acceptors (Lipinski definition) is 6. The largest absolute Gasteiger partial charge is 0.462 e. The van der Waals surface area contributed by atoms with E-state index in [0.29, 0.717) is 34.6 Å². The Morgan fingerprint density at radius 1 is 1.35 bits per heavy atom. The standard InChI is InChI=1S/C16H13N5O2/c1-2-23-16(22)12-8-19-15-13(12)14(20-9-21-15)10-3-4-11(5-6-17)18-7-10/h3-4,7-9H,2,5H2,1H3,(H,19,20,21). The van der Waals surface area contributed by atoms with E-state index in [1.54, 1.807) is 25.4 Å². The maximum Gasteiger partial charge on any atom is 0.340 e. The van der Waals surface area contributed by atoms with Gasteiger partial charge in [-0.3, -0.25) is 4.98 Å². The van der Waals surface area contributed by atoms with Crippen molar-refractivity contribution >= 4 is 17.0 Å². The monoisotopic (exact) mass is 307 g/mol. The highest BCUT2D eigenvalue weighted by atomic mass is 16.5. The number of pyridine rings is 1. The van der Waals surface area contributed by atoms with Crippen molar-refractivity contribution in [3.8, 4) is 17.3 Å². The van der Waals surface area contributed by atoms with E-state index in [4.69, 9.17) is 10.00 Å². The smallest absolute Gasteiger partial charge is 0.340 e. The highest BCUT2D eigenvalue weighted by Crippen LogP contribution is 2.28. The molecule has 3 rings (SSSR count). The van der Waals surface area contributed by atoms with E-state index < -0.39 is 5.97 Å². The van der Waals surface area contributed by atoms with Crippen LogP contribution in [0.25, 0.3) is 22.3 Å². The zero-order valence-corrected chi connectivity index (χ0v) is 12.4. The Bertz CT molecular complexity index is 893. The zero-order valence-electron chi connectivity index (χ0n) is 12.4. The maximum atomic E-state index is 12.1. The van der Waals surface area contributed by atoms with Crippen molar-refractivity contribution in [1.82, 2.24) is 19.9 Å². The van der Waals surface area contributed by atoms with E-state index in [2.05, 4.69) is 26.0 Å². The van der Waals surface area contributed by atoms with Crippen LogP contribution in [0.2, 0.25) is 0 Å². The van der Waals surface area contributed by atoms with Crippen LogP contribution in [-0.2, 0) is 11.2 Å². The van der Waals surface area contributed by atoms with Gasteiger partial charge in [-0.15, -0.1) is 0 Å². The third kappa shape index (κ3) is 2.74. The number of nitriles is 1. The van der Waals surface area contributed by atoms with E-state index in [1.165, 1.54) is 6.33 Å². The first-order chi connectivity index (χ1) is 11.2. The molecule has 0 atom stereocenters. The third-order valence-electron chi connectivity index (χ3n) is 3.32. The van der Waals surface area contributed by atoms with Gasteiger partial charge in [-0.1, -0.05) is 0 Å². The van der Waals surface area contributed by atoms with Crippen LogP contribution < -0.4 is 0 Å². The van der Waals surface area contributed by atoms with Crippen molar-refractivity contribution in [3.63, 3.8) is 0 Å². The van der Waals surface area contributed by atoms with Crippen molar-refractivity contribution in [2.75, 3.05) is 6.61 Å². The van der Waals surface area contributed by atoms with Gasteiger partial charge in [-0.2, -0.15) is 5.26 Å². The summed E-state index contributed by atoms with van der Waals surface area (Å²) in [6.45, 7) is 2.04. The Labute approximate surface area is 132 Å². The number of aromatic nitrogens is 4. The molecule has 3 aromatic rings. The molecule has 7 nitrogen and oxygen atoms in total. The average molecular weight is 307 g/mol. The Hall–Kier alpha value is -3.27. The minimum absolute atomic E-state index is 0.248. The van der Waals surface area contributed by atoms with Crippen LogP contribution in [0.4, 0.5) is 0 Å². The summed E-state index contributed by atoms with van der Waals surface area (Å²) in [6, 6.07) is 5.64. The molecule has 0 aliphatic rings. The highest BCUT2D eigenvalue weighted by molar-refractivity contribution is 6.08. The first kappa shape index (κ1) is 14.7. The lowest BCUT2D eigenvalue weighted by molar-refractivity contribution is 0.0528. The summed E-state index contributed by atoms with van der Waals surface area (Å²) in [7, 11) is 0. The zero-order chi connectivity index (χ0) is 16.2. The highest BCUT2D eigenvalue weighted by Gasteiger charge is 2.18. The molecule has 114 valence electrons. The molecule has 1 N–H and O–H groups in total. The van der Waals surface area contributed by atoms with Crippen molar-refractivity contribution < 1.29 is 9.53 Å². The number of rotatable bonds is 4. The number of aromatic amines is 1. The number of nitrogens with zero attached hydrogens (tertiary/aromatic N) is 4. The van der Waals surface area contributed by atoms with Crippen molar-refractivity contribution in [3.05, 3.63) is 42.1 Å². The number of nitrogens with one attached hydrogen (secondary N) is 1. The molecule has 0 aromatic carbocycles. The van der Waals surface area contributed by atoms with Crippen LogP contribution in [0.1, 0.15) is 23.0 Å². The molecule has 0 saturated heterocycles. The van der Waals surface area contributed by atoms with E-state index in [0.717, 1.165) is 5.56 Å². The second kappa shape index (κ2) is 6.23. The second-order valence-corrected chi connectivity index (χ2v) is 4.74. The van der Waals surface area contributed by atoms with Gasteiger partial charge < -0.3 is 9.72 Å². The molecule has 0 aliphatic heterocycles. The first-order valence-electron chi connectivity index (χ1n) is 7.06. The number of ether oxygens (including phenoxy) is 1. The number of carbonyl (C=O) groups excluding carboxylic acids is 1. The quantitative estimate of drug-likeness (QED) is 0.741. The molecule has 0 aliphatic carbocycles. The van der Waals surface area contributed by atoms with Crippen molar-refractivity contribution in [2.45, 2.75) is 13.3 Å². The summed E-state index contributed by atoms with van der Waals surface area (Å²) in [5.74, 6) is -0.427. The van der Waals surface area contributed by atoms with Crippen LogP contribution in [0.15, 0.2) is 30.9 Å². The lowest BCUT2D eigenvalue weighted by Crippen LogP contribution is -2.04. The molecule has 0 radical (unpaired) electrons. The molecule has 0 bridgehead atoms.